The molecular weight excluding hydrogens is 310 g/mol. The Hall–Kier alpha value is -3.55. The van der Waals surface area contributed by atoms with Gasteiger partial charge in [-0.05, 0) is 17.7 Å². The van der Waals surface area contributed by atoms with Crippen molar-refractivity contribution in [2.75, 3.05) is 0 Å². The van der Waals surface area contributed by atoms with Gasteiger partial charge in [-0.15, -0.1) is 0 Å². The van der Waals surface area contributed by atoms with Crippen molar-refractivity contribution in [3.05, 3.63) is 66.3 Å². The molecule has 0 aliphatic heterocycles. The molecule has 0 spiro atoms. The lowest BCUT2D eigenvalue weighted by atomic mass is 10.2. The van der Waals surface area contributed by atoms with Gasteiger partial charge in [0, 0.05) is 18.5 Å². The molecule has 3 N–H and O–H groups in total. The van der Waals surface area contributed by atoms with Crippen molar-refractivity contribution in [3.63, 3.8) is 0 Å². The SMILES string of the molecule is NC(=O)NN(C(=O)C=Cc1ccccc1)C([C]=O)c1ncccn1. The van der Waals surface area contributed by atoms with Gasteiger partial charge in [0.25, 0.3) is 5.91 Å². The number of carbonyl (C=O) groups is 2. The molecule has 1 heterocycles. The van der Waals surface area contributed by atoms with Gasteiger partial charge in [-0.1, -0.05) is 30.3 Å². The number of hydrogen-bond donors (Lipinski definition) is 2. The number of hydrogen-bond acceptors (Lipinski definition) is 5. The lowest BCUT2D eigenvalue weighted by Gasteiger charge is -2.24. The minimum Gasteiger partial charge on any atom is -0.350 e. The van der Waals surface area contributed by atoms with Crippen LogP contribution >= 0.6 is 0 Å². The Bertz CT molecular complexity index is 734. The van der Waals surface area contributed by atoms with Crippen LogP contribution in [0.1, 0.15) is 17.4 Å². The van der Waals surface area contributed by atoms with E-state index in [1.807, 2.05) is 18.2 Å². The van der Waals surface area contributed by atoms with Crippen LogP contribution in [0.4, 0.5) is 4.79 Å². The van der Waals surface area contributed by atoms with Gasteiger partial charge in [0.1, 0.15) is 0 Å². The molecule has 2 rings (SSSR count). The molecule has 0 fully saturated rings. The molecule has 0 aliphatic rings. The second kappa shape index (κ2) is 8.18. The first kappa shape index (κ1) is 16.8. The van der Waals surface area contributed by atoms with Gasteiger partial charge in [0.05, 0.1) is 0 Å². The number of nitrogens with zero attached hydrogens (tertiary/aromatic N) is 3. The third-order valence-corrected chi connectivity index (χ3v) is 2.89. The Labute approximate surface area is 138 Å². The van der Waals surface area contributed by atoms with Crippen LogP contribution in [-0.4, -0.2) is 33.2 Å². The van der Waals surface area contributed by atoms with E-state index >= 15 is 0 Å². The fourth-order valence-corrected chi connectivity index (χ4v) is 1.85. The molecule has 121 valence electrons. The van der Waals surface area contributed by atoms with Crippen LogP contribution in [0.5, 0.6) is 0 Å². The molecule has 0 saturated heterocycles. The van der Waals surface area contributed by atoms with E-state index in [9.17, 15) is 14.4 Å². The number of urea groups is 1. The van der Waals surface area contributed by atoms with Crippen LogP contribution in [0, 0.1) is 0 Å². The first-order valence-electron chi connectivity index (χ1n) is 6.89. The molecule has 0 saturated carbocycles. The number of primary amides is 1. The summed E-state index contributed by atoms with van der Waals surface area (Å²) in [5.74, 6) is -0.679. The maximum absolute atomic E-state index is 12.4. The van der Waals surface area contributed by atoms with E-state index in [0.717, 1.165) is 10.6 Å². The average molecular weight is 324 g/mol. The summed E-state index contributed by atoms with van der Waals surface area (Å²) >= 11 is 0. The van der Waals surface area contributed by atoms with Crippen molar-refractivity contribution < 1.29 is 14.4 Å². The normalized spacial score (nSPS) is 11.7. The van der Waals surface area contributed by atoms with E-state index in [-0.39, 0.29) is 5.82 Å². The van der Waals surface area contributed by atoms with Gasteiger partial charge in [0.15, 0.2) is 11.9 Å². The molecule has 0 aliphatic carbocycles. The van der Waals surface area contributed by atoms with Gasteiger partial charge in [-0.3, -0.25) is 9.59 Å². The zero-order chi connectivity index (χ0) is 17.4. The summed E-state index contributed by atoms with van der Waals surface area (Å²) in [5.41, 5.74) is 7.94. The average Bonchev–Trinajstić information content (AvgIpc) is 2.61. The van der Waals surface area contributed by atoms with Crippen molar-refractivity contribution in [2.24, 2.45) is 5.73 Å². The zero-order valence-corrected chi connectivity index (χ0v) is 12.5. The number of carbonyl (C=O) groups excluding carboxylic acids is 3. The van der Waals surface area contributed by atoms with Gasteiger partial charge >= 0.3 is 6.03 Å². The Morgan fingerprint density at radius 3 is 2.42 bits per heavy atom. The molecule has 1 aromatic heterocycles. The lowest BCUT2D eigenvalue weighted by Crippen LogP contribution is -2.50. The minimum atomic E-state index is -1.33. The Morgan fingerprint density at radius 1 is 1.17 bits per heavy atom. The van der Waals surface area contributed by atoms with E-state index < -0.39 is 18.0 Å². The number of nitrogens with two attached hydrogens (primary N) is 1. The van der Waals surface area contributed by atoms with Crippen LogP contribution in [0.3, 0.4) is 0 Å². The Balaban J connectivity index is 2.26. The van der Waals surface area contributed by atoms with Gasteiger partial charge in [-0.25, -0.2) is 25.2 Å². The monoisotopic (exact) mass is 324 g/mol. The van der Waals surface area contributed by atoms with Crippen LogP contribution in [-0.2, 0) is 9.59 Å². The molecule has 1 unspecified atom stereocenters. The van der Waals surface area contributed by atoms with Crippen LogP contribution in [0.15, 0.2) is 54.9 Å². The second-order valence-electron chi connectivity index (χ2n) is 4.56. The van der Waals surface area contributed by atoms with Gasteiger partial charge < -0.3 is 5.73 Å². The van der Waals surface area contributed by atoms with Crippen molar-refractivity contribution in [2.45, 2.75) is 6.04 Å². The van der Waals surface area contributed by atoms with Crippen molar-refractivity contribution >= 4 is 24.3 Å². The smallest absolute Gasteiger partial charge is 0.331 e. The molecule has 3 amide bonds. The third-order valence-electron chi connectivity index (χ3n) is 2.89. The summed E-state index contributed by atoms with van der Waals surface area (Å²) in [4.78, 5) is 42.6. The second-order valence-corrected chi connectivity index (χ2v) is 4.56. The Morgan fingerprint density at radius 2 is 1.83 bits per heavy atom. The topological polar surface area (TPSA) is 118 Å². The fourth-order valence-electron chi connectivity index (χ4n) is 1.85. The molecule has 2 aromatic rings. The highest BCUT2D eigenvalue weighted by Gasteiger charge is 2.28. The van der Waals surface area contributed by atoms with Gasteiger partial charge in [0.2, 0.25) is 6.29 Å². The van der Waals surface area contributed by atoms with Crippen LogP contribution in [0.2, 0.25) is 0 Å². The maximum Gasteiger partial charge on any atom is 0.331 e. The number of nitrogens with one attached hydrogen (secondary N) is 1. The predicted octanol–water partition coefficient (Wildman–Crippen LogP) is 0.753. The summed E-state index contributed by atoms with van der Waals surface area (Å²) < 4.78 is 0. The maximum atomic E-state index is 12.4. The molecule has 1 atom stereocenters. The molecule has 1 radical (unpaired) electrons. The van der Waals surface area contributed by atoms with Crippen molar-refractivity contribution in [3.8, 4) is 0 Å². The molecule has 0 bridgehead atoms. The Kier molecular flexibility index (Phi) is 5.73. The lowest BCUT2D eigenvalue weighted by molar-refractivity contribution is -0.129. The number of rotatable bonds is 5. The standard InChI is InChI=1S/C16H14N5O3/c17-16(24)20-21(13(11-22)15-18-9-4-10-19-15)14(23)8-7-12-5-2-1-3-6-12/h1-10,13H,(H3,17,20,24). The summed E-state index contributed by atoms with van der Waals surface area (Å²) in [5, 5.41) is 0.726. The van der Waals surface area contributed by atoms with Crippen LogP contribution in [0.25, 0.3) is 6.08 Å². The zero-order valence-electron chi connectivity index (χ0n) is 12.5. The summed E-state index contributed by atoms with van der Waals surface area (Å²) in [6.07, 6.45) is 7.16. The minimum absolute atomic E-state index is 0.00251. The highest BCUT2D eigenvalue weighted by molar-refractivity contribution is 5.94. The van der Waals surface area contributed by atoms with E-state index in [4.69, 9.17) is 5.73 Å². The molecule has 24 heavy (non-hydrogen) atoms. The highest BCUT2D eigenvalue weighted by Crippen LogP contribution is 2.13. The van der Waals surface area contributed by atoms with Crippen LogP contribution < -0.4 is 11.2 Å². The fraction of sp³-hybridized carbons (Fsp3) is 0.0625. The quantitative estimate of drug-likeness (QED) is 0.621. The number of amides is 3. The predicted molar refractivity (Wildman–Crippen MR) is 85.5 cm³/mol. The van der Waals surface area contributed by atoms with E-state index in [2.05, 4.69) is 15.4 Å². The van der Waals surface area contributed by atoms with E-state index in [0.29, 0.717) is 0 Å². The third kappa shape index (κ3) is 4.47. The van der Waals surface area contributed by atoms with Gasteiger partial charge in [-0.2, -0.15) is 0 Å². The molecular formula is C16H14N5O3. The number of hydrazine groups is 1. The molecule has 8 heteroatoms. The number of benzene rings is 1. The van der Waals surface area contributed by atoms with E-state index in [1.54, 1.807) is 24.5 Å². The number of aromatic nitrogens is 2. The summed E-state index contributed by atoms with van der Waals surface area (Å²) in [6.45, 7) is 0. The summed E-state index contributed by atoms with van der Waals surface area (Å²) in [7, 11) is 0. The van der Waals surface area contributed by atoms with Crippen molar-refractivity contribution in [1.82, 2.24) is 20.4 Å². The largest absolute Gasteiger partial charge is 0.350 e. The first-order valence-corrected chi connectivity index (χ1v) is 6.89. The van der Waals surface area contributed by atoms with Crippen molar-refractivity contribution in [1.29, 1.82) is 0 Å². The molecule has 1 aromatic carbocycles. The first-order chi connectivity index (χ1) is 11.6. The highest BCUT2D eigenvalue weighted by atomic mass is 16.2. The van der Waals surface area contributed by atoms with E-state index in [1.165, 1.54) is 24.5 Å². The summed E-state index contributed by atoms with van der Waals surface area (Å²) in [6, 6.07) is 8.25. The molecule has 8 nitrogen and oxygen atoms in total.